The van der Waals surface area contributed by atoms with Crippen LogP contribution in [0.2, 0.25) is 0 Å². The number of rotatable bonds is 7. The number of nitrogens with zero attached hydrogens (tertiary/aromatic N) is 1. The monoisotopic (exact) mass is 391 g/mol. The van der Waals surface area contributed by atoms with Crippen LogP contribution in [-0.2, 0) is 4.84 Å². The van der Waals surface area contributed by atoms with Gasteiger partial charge in [-0.05, 0) is 36.9 Å². The fourth-order valence-corrected chi connectivity index (χ4v) is 3.79. The first kappa shape index (κ1) is 18.6. The SMILES string of the molecule is CCCONC(=O)c1sc2ccncc2c1Nc1ccc(SC)cc1F. The zero-order chi connectivity index (χ0) is 18.5. The number of nitrogens with one attached hydrogen (secondary N) is 2. The standard InChI is InChI=1S/C18H18FN3O2S2/c1-3-8-24-22-18(23)17-16(12-10-20-7-6-15(12)26-17)21-14-5-4-11(25-2)9-13(14)19/h4-7,9-10,21H,3,8H2,1-2H3,(H,22,23). The van der Waals surface area contributed by atoms with Gasteiger partial charge in [0.1, 0.15) is 10.7 Å². The largest absolute Gasteiger partial charge is 0.351 e. The van der Waals surface area contributed by atoms with E-state index in [-0.39, 0.29) is 11.7 Å². The maximum atomic E-state index is 14.4. The summed E-state index contributed by atoms with van der Waals surface area (Å²) in [6.07, 6.45) is 5.99. The Morgan fingerprint density at radius 2 is 2.23 bits per heavy atom. The quantitative estimate of drug-likeness (QED) is 0.338. The number of halogens is 1. The van der Waals surface area contributed by atoms with Crippen molar-refractivity contribution < 1.29 is 14.0 Å². The van der Waals surface area contributed by atoms with Gasteiger partial charge in [-0.25, -0.2) is 9.87 Å². The predicted molar refractivity (Wildman–Crippen MR) is 105 cm³/mol. The molecule has 8 heteroatoms. The molecule has 0 aliphatic heterocycles. The number of amides is 1. The van der Waals surface area contributed by atoms with Crippen molar-refractivity contribution in [3.8, 4) is 0 Å². The van der Waals surface area contributed by atoms with E-state index in [9.17, 15) is 9.18 Å². The molecule has 0 saturated heterocycles. The molecule has 0 saturated carbocycles. The molecule has 0 radical (unpaired) electrons. The molecule has 2 N–H and O–H groups in total. The second-order valence-electron chi connectivity index (χ2n) is 5.43. The maximum Gasteiger partial charge on any atom is 0.287 e. The molecule has 5 nitrogen and oxygen atoms in total. The smallest absolute Gasteiger partial charge is 0.287 e. The number of thiophene rings is 1. The van der Waals surface area contributed by atoms with Crippen molar-refractivity contribution in [2.24, 2.45) is 0 Å². The van der Waals surface area contributed by atoms with Gasteiger partial charge in [0.15, 0.2) is 0 Å². The van der Waals surface area contributed by atoms with Gasteiger partial charge in [0, 0.05) is 27.4 Å². The molecule has 3 aromatic rings. The summed E-state index contributed by atoms with van der Waals surface area (Å²) in [4.78, 5) is 23.0. The summed E-state index contributed by atoms with van der Waals surface area (Å²) in [5, 5.41) is 3.81. The van der Waals surface area contributed by atoms with Crippen LogP contribution in [0.4, 0.5) is 15.8 Å². The highest BCUT2D eigenvalue weighted by Gasteiger charge is 2.20. The van der Waals surface area contributed by atoms with Crippen molar-refractivity contribution in [3.63, 3.8) is 0 Å². The second-order valence-corrected chi connectivity index (χ2v) is 7.36. The van der Waals surface area contributed by atoms with Gasteiger partial charge < -0.3 is 5.32 Å². The molecule has 1 amide bonds. The normalized spacial score (nSPS) is 10.9. The van der Waals surface area contributed by atoms with Crippen molar-refractivity contribution in [2.75, 3.05) is 18.2 Å². The summed E-state index contributed by atoms with van der Waals surface area (Å²) in [6.45, 7) is 2.37. The summed E-state index contributed by atoms with van der Waals surface area (Å²) in [7, 11) is 0. The van der Waals surface area contributed by atoms with Crippen molar-refractivity contribution in [3.05, 3.63) is 47.4 Å². The molecule has 2 heterocycles. The molecule has 0 aliphatic rings. The summed E-state index contributed by atoms with van der Waals surface area (Å²) in [6, 6.07) is 6.77. The summed E-state index contributed by atoms with van der Waals surface area (Å²) >= 11 is 2.77. The van der Waals surface area contributed by atoms with E-state index >= 15 is 0 Å². The van der Waals surface area contributed by atoms with Crippen molar-refractivity contribution in [1.82, 2.24) is 10.5 Å². The van der Waals surface area contributed by atoms with Crippen LogP contribution in [0.5, 0.6) is 0 Å². The fourth-order valence-electron chi connectivity index (χ4n) is 2.35. The average molecular weight is 391 g/mol. The van der Waals surface area contributed by atoms with Gasteiger partial charge in [0.25, 0.3) is 5.91 Å². The van der Waals surface area contributed by atoms with E-state index in [1.54, 1.807) is 18.5 Å². The number of aromatic nitrogens is 1. The molecule has 2 aromatic heterocycles. The number of fused-ring (bicyclic) bond motifs is 1. The van der Waals surface area contributed by atoms with Gasteiger partial charge in [-0.1, -0.05) is 6.92 Å². The van der Waals surface area contributed by atoms with Gasteiger partial charge in [-0.3, -0.25) is 14.6 Å². The van der Waals surface area contributed by atoms with E-state index in [4.69, 9.17) is 4.84 Å². The van der Waals surface area contributed by atoms with Gasteiger partial charge in [-0.15, -0.1) is 23.1 Å². The topological polar surface area (TPSA) is 63.2 Å². The van der Waals surface area contributed by atoms with E-state index in [2.05, 4.69) is 15.8 Å². The van der Waals surface area contributed by atoms with Crippen molar-refractivity contribution >= 4 is 50.5 Å². The Bertz CT molecular complexity index is 930. The number of carbonyl (C=O) groups excluding carboxylic acids is 1. The van der Waals surface area contributed by atoms with Gasteiger partial charge in [0.2, 0.25) is 0 Å². The molecular weight excluding hydrogens is 373 g/mol. The zero-order valence-corrected chi connectivity index (χ0v) is 16.0. The molecule has 0 aliphatic carbocycles. The Balaban J connectivity index is 1.98. The number of carbonyl (C=O) groups is 1. The lowest BCUT2D eigenvalue weighted by molar-refractivity contribution is 0.0319. The van der Waals surface area contributed by atoms with Crippen LogP contribution in [0.25, 0.3) is 10.1 Å². The number of hydroxylamine groups is 1. The lowest BCUT2D eigenvalue weighted by Gasteiger charge is -2.10. The van der Waals surface area contributed by atoms with Crippen molar-refractivity contribution in [2.45, 2.75) is 18.2 Å². The minimum Gasteiger partial charge on any atom is -0.351 e. The van der Waals surface area contributed by atoms with E-state index in [1.165, 1.54) is 29.2 Å². The number of pyridine rings is 1. The van der Waals surface area contributed by atoms with Crippen LogP contribution in [0.3, 0.4) is 0 Å². The molecule has 0 bridgehead atoms. The van der Waals surface area contributed by atoms with Crippen LogP contribution in [0.1, 0.15) is 23.0 Å². The lowest BCUT2D eigenvalue weighted by atomic mass is 10.2. The molecular formula is C18H18FN3O2S2. The van der Waals surface area contributed by atoms with E-state index in [0.717, 1.165) is 21.4 Å². The minimum atomic E-state index is -0.381. The Labute approximate surface area is 158 Å². The third-order valence-electron chi connectivity index (χ3n) is 3.60. The molecule has 3 rings (SSSR count). The fraction of sp³-hybridized carbons (Fsp3) is 0.222. The summed E-state index contributed by atoms with van der Waals surface area (Å²) < 4.78 is 15.3. The van der Waals surface area contributed by atoms with Gasteiger partial charge in [-0.2, -0.15) is 0 Å². The van der Waals surface area contributed by atoms with Crippen molar-refractivity contribution in [1.29, 1.82) is 0 Å². The van der Waals surface area contributed by atoms with Crippen LogP contribution in [-0.4, -0.2) is 23.8 Å². The lowest BCUT2D eigenvalue weighted by Crippen LogP contribution is -2.23. The highest BCUT2D eigenvalue weighted by atomic mass is 32.2. The molecule has 1 aromatic carbocycles. The molecule has 0 spiro atoms. The number of benzene rings is 1. The van der Waals surface area contributed by atoms with E-state index < -0.39 is 0 Å². The van der Waals surface area contributed by atoms with Crippen LogP contribution in [0.15, 0.2) is 41.6 Å². The highest BCUT2D eigenvalue weighted by Crippen LogP contribution is 2.37. The number of thioether (sulfide) groups is 1. The maximum absolute atomic E-state index is 14.4. The van der Waals surface area contributed by atoms with Gasteiger partial charge >= 0.3 is 0 Å². The predicted octanol–water partition coefficient (Wildman–Crippen LogP) is 4.97. The average Bonchev–Trinajstić information content (AvgIpc) is 3.02. The number of anilines is 2. The Morgan fingerprint density at radius 3 is 2.96 bits per heavy atom. The molecule has 136 valence electrons. The Kier molecular flexibility index (Phi) is 6.08. The zero-order valence-electron chi connectivity index (χ0n) is 14.3. The summed E-state index contributed by atoms with van der Waals surface area (Å²) in [5.74, 6) is -0.753. The molecule has 0 atom stereocenters. The second kappa shape index (κ2) is 8.48. The van der Waals surface area contributed by atoms with E-state index in [1.807, 2.05) is 25.3 Å². The highest BCUT2D eigenvalue weighted by molar-refractivity contribution is 7.98. The molecule has 0 unspecified atom stereocenters. The first-order valence-electron chi connectivity index (χ1n) is 8.03. The molecule has 26 heavy (non-hydrogen) atoms. The van der Waals surface area contributed by atoms with Crippen LogP contribution < -0.4 is 10.8 Å². The van der Waals surface area contributed by atoms with E-state index in [0.29, 0.717) is 22.9 Å². The summed E-state index contributed by atoms with van der Waals surface area (Å²) in [5.41, 5.74) is 3.25. The first-order valence-corrected chi connectivity index (χ1v) is 10.1. The minimum absolute atomic E-state index is 0.301. The van der Waals surface area contributed by atoms with Crippen LogP contribution >= 0.6 is 23.1 Å². The third kappa shape index (κ3) is 3.98. The van der Waals surface area contributed by atoms with Crippen LogP contribution in [0, 0.1) is 5.82 Å². The molecule has 0 fully saturated rings. The first-order chi connectivity index (χ1) is 12.6. The van der Waals surface area contributed by atoms with Gasteiger partial charge in [0.05, 0.1) is 18.0 Å². The Hall–Kier alpha value is -2.16. The number of hydrogen-bond donors (Lipinski definition) is 2. The number of hydrogen-bond acceptors (Lipinski definition) is 6. The third-order valence-corrected chi connectivity index (χ3v) is 5.50. The Morgan fingerprint density at radius 1 is 1.38 bits per heavy atom.